The highest BCUT2D eigenvalue weighted by atomic mass is 127. The van der Waals surface area contributed by atoms with Gasteiger partial charge in [0.1, 0.15) is 22.9 Å². The molecule has 2 rings (SSSR count). The molecule has 29 heavy (non-hydrogen) atoms. The molecule has 1 heterocycles. The highest BCUT2D eigenvalue weighted by molar-refractivity contribution is 14.0. The molecule has 0 radical (unpaired) electrons. The largest absolute Gasteiger partial charge is 0.463 e. The molecule has 0 aliphatic heterocycles. The number of aryl methyl sites for hydroxylation is 1. The Morgan fingerprint density at radius 3 is 2.55 bits per heavy atom. The van der Waals surface area contributed by atoms with Gasteiger partial charge in [-0.05, 0) is 64.7 Å². The van der Waals surface area contributed by atoms with Crippen LogP contribution in [0.4, 0.5) is 4.39 Å². The number of guanidine groups is 1. The number of benzene rings is 1. The van der Waals surface area contributed by atoms with Crippen LogP contribution in [0.25, 0.3) is 0 Å². The fraction of sp³-hybridized carbons (Fsp3) is 0.476. The maximum absolute atomic E-state index is 13.6. The maximum atomic E-state index is 13.6. The van der Waals surface area contributed by atoms with Gasteiger partial charge in [0, 0.05) is 13.1 Å². The predicted octanol–water partition coefficient (Wildman–Crippen LogP) is 3.41. The number of rotatable bonds is 8. The zero-order valence-corrected chi connectivity index (χ0v) is 20.0. The van der Waals surface area contributed by atoms with Crippen LogP contribution in [-0.2, 0) is 5.60 Å². The summed E-state index contributed by atoms with van der Waals surface area (Å²) in [4.78, 5) is 6.53. The Morgan fingerprint density at radius 2 is 2.00 bits per heavy atom. The van der Waals surface area contributed by atoms with Crippen molar-refractivity contribution in [2.24, 2.45) is 4.99 Å². The lowest BCUT2D eigenvalue weighted by molar-refractivity contribution is 0.0428. The molecule has 0 saturated heterocycles. The first-order valence-corrected chi connectivity index (χ1v) is 9.46. The summed E-state index contributed by atoms with van der Waals surface area (Å²) in [5.41, 5.74) is -0.327. The number of halogens is 2. The smallest absolute Gasteiger partial charge is 0.191 e. The van der Waals surface area contributed by atoms with E-state index in [0.717, 1.165) is 11.3 Å². The van der Waals surface area contributed by atoms with Crippen LogP contribution in [0.1, 0.15) is 37.0 Å². The van der Waals surface area contributed by atoms with Crippen molar-refractivity contribution in [3.05, 3.63) is 59.3 Å². The molecule has 8 heteroatoms. The summed E-state index contributed by atoms with van der Waals surface area (Å²) in [5, 5.41) is 17.1. The first-order valence-electron chi connectivity index (χ1n) is 9.46. The van der Waals surface area contributed by atoms with Gasteiger partial charge in [-0.15, -0.1) is 24.0 Å². The van der Waals surface area contributed by atoms with Gasteiger partial charge in [-0.3, -0.25) is 0 Å². The number of hydrogen-bond acceptors (Lipinski definition) is 4. The Bertz CT molecular complexity index is 792. The normalized spacial score (nSPS) is 14.8. The molecule has 0 amide bonds. The van der Waals surface area contributed by atoms with E-state index in [9.17, 15) is 9.50 Å². The van der Waals surface area contributed by atoms with Crippen molar-refractivity contribution < 1.29 is 13.9 Å². The summed E-state index contributed by atoms with van der Waals surface area (Å²) in [6.45, 7) is 6.84. The number of nitrogens with one attached hydrogen (secondary N) is 2. The average molecular weight is 518 g/mol. The van der Waals surface area contributed by atoms with Crippen LogP contribution in [0.15, 0.2) is 45.8 Å². The van der Waals surface area contributed by atoms with E-state index < -0.39 is 5.60 Å². The van der Waals surface area contributed by atoms with Gasteiger partial charge >= 0.3 is 0 Å². The van der Waals surface area contributed by atoms with Crippen molar-refractivity contribution in [3.63, 3.8) is 0 Å². The number of furan rings is 1. The van der Waals surface area contributed by atoms with E-state index in [4.69, 9.17) is 4.42 Å². The molecule has 6 nitrogen and oxygen atoms in total. The number of hydrogen-bond donors (Lipinski definition) is 3. The molecular weight excluding hydrogens is 486 g/mol. The van der Waals surface area contributed by atoms with Crippen molar-refractivity contribution in [1.82, 2.24) is 15.5 Å². The molecule has 1 aromatic carbocycles. The molecule has 2 atom stereocenters. The highest BCUT2D eigenvalue weighted by Crippen LogP contribution is 2.23. The number of nitrogens with zero attached hydrogens (tertiary/aromatic N) is 2. The van der Waals surface area contributed by atoms with Crippen LogP contribution in [0.3, 0.4) is 0 Å². The minimum atomic E-state index is -1.21. The number of aliphatic hydroxyl groups is 1. The van der Waals surface area contributed by atoms with E-state index in [0.29, 0.717) is 24.8 Å². The molecule has 2 unspecified atom stereocenters. The third-order valence-electron chi connectivity index (χ3n) is 4.48. The molecule has 0 bridgehead atoms. The van der Waals surface area contributed by atoms with E-state index in [2.05, 4.69) is 15.6 Å². The molecule has 0 aliphatic carbocycles. The number of likely N-dealkylation sites (N-methyl/N-ethyl adjacent to an activating group) is 1. The van der Waals surface area contributed by atoms with Gasteiger partial charge in [0.05, 0.1) is 12.6 Å². The van der Waals surface area contributed by atoms with Crippen LogP contribution in [0.5, 0.6) is 0 Å². The van der Waals surface area contributed by atoms with Gasteiger partial charge in [0.15, 0.2) is 5.96 Å². The lowest BCUT2D eigenvalue weighted by atomic mass is 10.0. The average Bonchev–Trinajstić information content (AvgIpc) is 3.07. The summed E-state index contributed by atoms with van der Waals surface area (Å²) in [6.07, 6.45) is 0. The molecule has 162 valence electrons. The third kappa shape index (κ3) is 7.60. The van der Waals surface area contributed by atoms with E-state index in [1.807, 2.05) is 45.0 Å². The SMILES string of the molecule is CCNC(=NCC(C)(O)c1ccc(C)o1)NCC(c1cccc(F)c1)N(C)C.I. The zero-order chi connectivity index (χ0) is 20.7. The molecule has 2 aromatic rings. The van der Waals surface area contributed by atoms with Gasteiger partial charge in [-0.2, -0.15) is 0 Å². The summed E-state index contributed by atoms with van der Waals surface area (Å²) in [6, 6.07) is 10.1. The maximum Gasteiger partial charge on any atom is 0.191 e. The molecule has 0 fully saturated rings. The Hall–Kier alpha value is -1.65. The highest BCUT2D eigenvalue weighted by Gasteiger charge is 2.27. The summed E-state index contributed by atoms with van der Waals surface area (Å²) in [5.74, 6) is 1.55. The summed E-state index contributed by atoms with van der Waals surface area (Å²) < 4.78 is 19.2. The van der Waals surface area contributed by atoms with E-state index in [1.54, 1.807) is 25.1 Å². The Balaban J connectivity index is 0.00000420. The van der Waals surface area contributed by atoms with Crippen LogP contribution in [-0.4, -0.2) is 49.7 Å². The van der Waals surface area contributed by atoms with Crippen LogP contribution < -0.4 is 10.6 Å². The summed E-state index contributed by atoms with van der Waals surface area (Å²) >= 11 is 0. The zero-order valence-electron chi connectivity index (χ0n) is 17.7. The van der Waals surface area contributed by atoms with Gasteiger partial charge in [0.25, 0.3) is 0 Å². The molecule has 1 aromatic heterocycles. The van der Waals surface area contributed by atoms with Crippen LogP contribution >= 0.6 is 24.0 Å². The second-order valence-corrected chi connectivity index (χ2v) is 7.29. The first kappa shape index (κ1) is 25.4. The Labute approximate surface area is 189 Å². The van der Waals surface area contributed by atoms with E-state index >= 15 is 0 Å². The van der Waals surface area contributed by atoms with Gasteiger partial charge in [-0.25, -0.2) is 9.38 Å². The minimum absolute atomic E-state index is 0. The van der Waals surface area contributed by atoms with Crippen LogP contribution in [0, 0.1) is 12.7 Å². The Kier molecular flexibility index (Phi) is 10.1. The van der Waals surface area contributed by atoms with Crippen molar-refractivity contribution in [2.75, 3.05) is 33.7 Å². The molecular formula is C21H32FIN4O2. The number of aliphatic imine (C=N–C) groups is 1. The second-order valence-electron chi connectivity index (χ2n) is 7.29. The lowest BCUT2D eigenvalue weighted by Gasteiger charge is -2.26. The third-order valence-corrected chi connectivity index (χ3v) is 4.48. The molecule has 0 aliphatic rings. The van der Waals surface area contributed by atoms with Gasteiger partial charge < -0.3 is 25.1 Å². The van der Waals surface area contributed by atoms with E-state index in [-0.39, 0.29) is 42.4 Å². The fourth-order valence-electron chi connectivity index (χ4n) is 2.88. The van der Waals surface area contributed by atoms with Crippen LogP contribution in [0.2, 0.25) is 0 Å². The standard InChI is InChI=1S/C21H31FN4O2.HI/c1-6-23-20(25-14-21(3,27)19-11-10-15(2)28-19)24-13-18(26(4)5)16-8-7-9-17(22)12-16;/h7-12,18,27H,6,13-14H2,1-5H3,(H2,23,24,25);1H. The second kappa shape index (κ2) is 11.5. The fourth-order valence-corrected chi connectivity index (χ4v) is 2.88. The summed E-state index contributed by atoms with van der Waals surface area (Å²) in [7, 11) is 3.90. The van der Waals surface area contributed by atoms with Crippen molar-refractivity contribution in [1.29, 1.82) is 0 Å². The predicted molar refractivity (Wildman–Crippen MR) is 125 cm³/mol. The minimum Gasteiger partial charge on any atom is -0.463 e. The molecule has 0 spiro atoms. The van der Waals surface area contributed by atoms with Crippen molar-refractivity contribution in [3.8, 4) is 0 Å². The van der Waals surface area contributed by atoms with Gasteiger partial charge in [0.2, 0.25) is 0 Å². The lowest BCUT2D eigenvalue weighted by Crippen LogP contribution is -2.42. The van der Waals surface area contributed by atoms with Crippen molar-refractivity contribution >= 4 is 29.9 Å². The quantitative estimate of drug-likeness (QED) is 0.284. The van der Waals surface area contributed by atoms with Gasteiger partial charge in [-0.1, -0.05) is 12.1 Å². The van der Waals surface area contributed by atoms with Crippen molar-refractivity contribution in [2.45, 2.75) is 32.4 Å². The van der Waals surface area contributed by atoms with E-state index in [1.165, 1.54) is 6.07 Å². The Morgan fingerprint density at radius 1 is 1.28 bits per heavy atom. The monoisotopic (exact) mass is 518 g/mol. The molecule has 0 saturated carbocycles. The molecule has 3 N–H and O–H groups in total. The topological polar surface area (TPSA) is 73.0 Å². The first-order chi connectivity index (χ1) is 13.2.